The molecule has 1 aromatic carbocycles. The van der Waals surface area contributed by atoms with Gasteiger partial charge in [0.15, 0.2) is 0 Å². The third-order valence-corrected chi connectivity index (χ3v) is 3.97. The molecule has 0 aliphatic carbocycles. The zero-order chi connectivity index (χ0) is 16.2. The molecule has 1 aromatic rings. The van der Waals surface area contributed by atoms with Crippen LogP contribution in [-0.4, -0.2) is 36.8 Å². The highest BCUT2D eigenvalue weighted by Crippen LogP contribution is 2.29. The summed E-state index contributed by atoms with van der Waals surface area (Å²) >= 11 is 0. The van der Waals surface area contributed by atoms with Gasteiger partial charge in [0.2, 0.25) is 0 Å². The summed E-state index contributed by atoms with van der Waals surface area (Å²) in [6, 6.07) is 8.27. The Bertz CT molecular complexity index is 490. The average molecular weight is 305 g/mol. The number of hydrogen-bond acceptors (Lipinski definition) is 3. The first-order valence-corrected chi connectivity index (χ1v) is 8.01. The molecule has 1 aliphatic heterocycles. The number of likely N-dealkylation sites (tertiary alicyclic amines) is 1. The Morgan fingerprint density at radius 3 is 2.41 bits per heavy atom. The topological polar surface area (TPSA) is 38.8 Å². The van der Waals surface area contributed by atoms with E-state index in [0.717, 1.165) is 38.1 Å². The molecule has 4 heteroatoms. The van der Waals surface area contributed by atoms with Crippen molar-refractivity contribution in [2.24, 2.45) is 0 Å². The lowest BCUT2D eigenvalue weighted by Gasteiger charge is -2.26. The molecule has 22 heavy (non-hydrogen) atoms. The molecule has 1 fully saturated rings. The van der Waals surface area contributed by atoms with Crippen molar-refractivity contribution in [3.8, 4) is 5.75 Å². The highest BCUT2D eigenvalue weighted by Gasteiger charge is 2.25. The summed E-state index contributed by atoms with van der Waals surface area (Å²) in [5.74, 6) is 1.38. The van der Waals surface area contributed by atoms with E-state index in [9.17, 15) is 4.79 Å². The highest BCUT2D eigenvalue weighted by molar-refractivity contribution is 5.68. The lowest BCUT2D eigenvalue weighted by Crippen LogP contribution is -2.37. The molecule has 0 bridgehead atoms. The van der Waals surface area contributed by atoms with Gasteiger partial charge in [-0.05, 0) is 63.6 Å². The van der Waals surface area contributed by atoms with Crippen molar-refractivity contribution in [3.63, 3.8) is 0 Å². The van der Waals surface area contributed by atoms with Crippen LogP contribution >= 0.6 is 0 Å². The van der Waals surface area contributed by atoms with Crippen LogP contribution in [0.5, 0.6) is 5.75 Å². The Hall–Kier alpha value is -1.71. The number of carbonyl (C=O) groups is 1. The maximum atomic E-state index is 12.2. The second-order valence-electron chi connectivity index (χ2n) is 6.87. The third-order valence-electron chi connectivity index (χ3n) is 3.97. The van der Waals surface area contributed by atoms with Crippen molar-refractivity contribution in [1.29, 1.82) is 0 Å². The van der Waals surface area contributed by atoms with Gasteiger partial charge in [0.25, 0.3) is 0 Å². The van der Waals surface area contributed by atoms with E-state index < -0.39 is 5.60 Å². The molecule has 0 radical (unpaired) electrons. The fourth-order valence-corrected chi connectivity index (χ4v) is 2.81. The number of ether oxygens (including phenoxy) is 2. The molecule has 1 saturated heterocycles. The van der Waals surface area contributed by atoms with Crippen LogP contribution in [0.2, 0.25) is 0 Å². The van der Waals surface area contributed by atoms with E-state index in [4.69, 9.17) is 9.47 Å². The predicted molar refractivity (Wildman–Crippen MR) is 87.4 cm³/mol. The van der Waals surface area contributed by atoms with Gasteiger partial charge in [0.1, 0.15) is 11.4 Å². The minimum Gasteiger partial charge on any atom is -0.497 e. The fraction of sp³-hybridized carbons (Fsp3) is 0.611. The van der Waals surface area contributed by atoms with E-state index in [-0.39, 0.29) is 6.09 Å². The summed E-state index contributed by atoms with van der Waals surface area (Å²) in [7, 11) is 1.68. The van der Waals surface area contributed by atoms with Crippen molar-refractivity contribution in [1.82, 2.24) is 4.90 Å². The van der Waals surface area contributed by atoms with Gasteiger partial charge in [-0.25, -0.2) is 4.79 Å². The van der Waals surface area contributed by atoms with Crippen molar-refractivity contribution >= 4 is 6.09 Å². The van der Waals surface area contributed by atoms with Gasteiger partial charge in [-0.3, -0.25) is 0 Å². The number of benzene rings is 1. The van der Waals surface area contributed by atoms with Crippen LogP contribution in [0.1, 0.15) is 51.5 Å². The molecule has 122 valence electrons. The molecular weight excluding hydrogens is 278 g/mol. The van der Waals surface area contributed by atoms with Gasteiger partial charge < -0.3 is 14.4 Å². The van der Waals surface area contributed by atoms with Crippen LogP contribution < -0.4 is 4.74 Å². The van der Waals surface area contributed by atoms with Gasteiger partial charge in [-0.15, -0.1) is 0 Å². The number of carbonyl (C=O) groups excluding carboxylic acids is 1. The van der Waals surface area contributed by atoms with Crippen LogP contribution in [0, 0.1) is 0 Å². The molecule has 1 heterocycles. The minimum absolute atomic E-state index is 0.192. The van der Waals surface area contributed by atoms with Crippen molar-refractivity contribution in [2.75, 3.05) is 20.2 Å². The Labute approximate surface area is 133 Å². The summed E-state index contributed by atoms with van der Waals surface area (Å²) in [6.45, 7) is 7.25. The molecule has 0 spiro atoms. The maximum Gasteiger partial charge on any atom is 0.410 e. The van der Waals surface area contributed by atoms with Crippen LogP contribution in [-0.2, 0) is 4.74 Å². The number of rotatable bonds is 2. The molecule has 4 nitrogen and oxygen atoms in total. The standard InChI is InChI=1S/C18H27NO3/c1-18(2,3)22-17(20)19-12-5-6-14(11-13-19)15-7-9-16(21-4)10-8-15/h7-10,14H,5-6,11-13H2,1-4H3/t14-/m1/s1. The van der Waals surface area contributed by atoms with Crippen molar-refractivity contribution < 1.29 is 14.3 Å². The summed E-state index contributed by atoms with van der Waals surface area (Å²) < 4.78 is 10.7. The number of amides is 1. The van der Waals surface area contributed by atoms with E-state index in [1.165, 1.54) is 5.56 Å². The first-order chi connectivity index (χ1) is 10.4. The minimum atomic E-state index is -0.432. The quantitative estimate of drug-likeness (QED) is 0.822. The Morgan fingerprint density at radius 2 is 1.82 bits per heavy atom. The van der Waals surface area contributed by atoms with Crippen molar-refractivity contribution in [2.45, 2.75) is 51.6 Å². The summed E-state index contributed by atoms with van der Waals surface area (Å²) in [6.07, 6.45) is 2.90. The fourth-order valence-electron chi connectivity index (χ4n) is 2.81. The number of methoxy groups -OCH3 is 1. The van der Waals surface area contributed by atoms with E-state index >= 15 is 0 Å². The molecule has 0 N–H and O–H groups in total. The van der Waals surface area contributed by atoms with E-state index in [0.29, 0.717) is 5.92 Å². The molecule has 1 atom stereocenters. The van der Waals surface area contributed by atoms with Crippen molar-refractivity contribution in [3.05, 3.63) is 29.8 Å². The lowest BCUT2D eigenvalue weighted by atomic mass is 9.92. The second kappa shape index (κ2) is 7.03. The molecule has 1 amide bonds. The number of nitrogens with zero attached hydrogens (tertiary/aromatic N) is 1. The van der Waals surface area contributed by atoms with E-state index in [1.54, 1.807) is 7.11 Å². The largest absolute Gasteiger partial charge is 0.497 e. The first kappa shape index (κ1) is 16.7. The van der Waals surface area contributed by atoms with Crippen LogP contribution in [0.25, 0.3) is 0 Å². The molecule has 0 unspecified atom stereocenters. The van der Waals surface area contributed by atoms with Gasteiger partial charge >= 0.3 is 6.09 Å². The molecular formula is C18H27NO3. The van der Waals surface area contributed by atoms with E-state index in [2.05, 4.69) is 12.1 Å². The molecule has 2 rings (SSSR count). The zero-order valence-electron chi connectivity index (χ0n) is 14.1. The Kier molecular flexibility index (Phi) is 5.33. The third kappa shape index (κ3) is 4.65. The predicted octanol–water partition coefficient (Wildman–Crippen LogP) is 4.20. The van der Waals surface area contributed by atoms with Gasteiger partial charge in [-0.1, -0.05) is 12.1 Å². The van der Waals surface area contributed by atoms with Crippen LogP contribution in [0.4, 0.5) is 4.79 Å². The van der Waals surface area contributed by atoms with Gasteiger partial charge in [0, 0.05) is 13.1 Å². The summed E-state index contributed by atoms with van der Waals surface area (Å²) in [5.41, 5.74) is 0.894. The molecule has 0 aromatic heterocycles. The SMILES string of the molecule is COc1ccc([C@@H]2CCCN(C(=O)OC(C)(C)C)CC2)cc1. The molecule has 1 aliphatic rings. The smallest absolute Gasteiger partial charge is 0.410 e. The average Bonchev–Trinajstić information content (AvgIpc) is 2.71. The van der Waals surface area contributed by atoms with Gasteiger partial charge in [-0.2, -0.15) is 0 Å². The highest BCUT2D eigenvalue weighted by atomic mass is 16.6. The second-order valence-corrected chi connectivity index (χ2v) is 6.87. The summed E-state index contributed by atoms with van der Waals surface area (Å²) in [5, 5.41) is 0. The maximum absolute atomic E-state index is 12.2. The normalized spacial score (nSPS) is 19.5. The van der Waals surface area contributed by atoms with Crippen LogP contribution in [0.15, 0.2) is 24.3 Å². The Morgan fingerprint density at radius 1 is 1.14 bits per heavy atom. The van der Waals surface area contributed by atoms with Crippen LogP contribution in [0.3, 0.4) is 0 Å². The monoisotopic (exact) mass is 305 g/mol. The Balaban J connectivity index is 1.95. The van der Waals surface area contributed by atoms with Gasteiger partial charge in [0.05, 0.1) is 7.11 Å². The lowest BCUT2D eigenvalue weighted by molar-refractivity contribution is 0.0256. The summed E-state index contributed by atoms with van der Waals surface area (Å²) in [4.78, 5) is 14.0. The first-order valence-electron chi connectivity index (χ1n) is 8.01. The zero-order valence-corrected chi connectivity index (χ0v) is 14.1. The number of hydrogen-bond donors (Lipinski definition) is 0. The molecule has 0 saturated carbocycles. The van der Waals surface area contributed by atoms with E-state index in [1.807, 2.05) is 37.8 Å².